The van der Waals surface area contributed by atoms with Crippen LogP contribution in [0.15, 0.2) is 18.2 Å². The van der Waals surface area contributed by atoms with Crippen LogP contribution in [0.2, 0.25) is 0 Å². The molecule has 0 spiro atoms. The number of nitrogens with one attached hydrogen (secondary N) is 1. The second-order valence-electron chi connectivity index (χ2n) is 7.00. The van der Waals surface area contributed by atoms with E-state index in [4.69, 9.17) is 4.74 Å². The summed E-state index contributed by atoms with van der Waals surface area (Å²) in [4.78, 5) is 0. The lowest BCUT2D eigenvalue weighted by Gasteiger charge is -2.24. The Balaban J connectivity index is 2.19. The summed E-state index contributed by atoms with van der Waals surface area (Å²) in [5, 5.41) is 3.73. The molecular formula is C18H29NO. The van der Waals surface area contributed by atoms with E-state index < -0.39 is 0 Å². The molecule has 1 fully saturated rings. The molecule has 0 atom stereocenters. The molecule has 0 aliphatic heterocycles. The van der Waals surface area contributed by atoms with Gasteiger partial charge in [0.25, 0.3) is 0 Å². The van der Waals surface area contributed by atoms with Gasteiger partial charge in [0.2, 0.25) is 0 Å². The van der Waals surface area contributed by atoms with E-state index in [1.54, 1.807) is 7.11 Å². The summed E-state index contributed by atoms with van der Waals surface area (Å²) in [6.07, 6.45) is 8.03. The molecule has 112 valence electrons. The zero-order valence-corrected chi connectivity index (χ0v) is 13.5. The average molecular weight is 275 g/mol. The SMILES string of the molecule is COc1ccc(C(C)(C)C)cc1NC1CCCCCC1. The molecule has 1 aliphatic carbocycles. The molecule has 0 aromatic heterocycles. The number of hydrogen-bond acceptors (Lipinski definition) is 2. The van der Waals surface area contributed by atoms with E-state index >= 15 is 0 Å². The van der Waals surface area contributed by atoms with Gasteiger partial charge in [0.1, 0.15) is 5.75 Å². The van der Waals surface area contributed by atoms with E-state index in [2.05, 4.69) is 44.3 Å². The average Bonchev–Trinajstić information content (AvgIpc) is 2.66. The number of hydrogen-bond donors (Lipinski definition) is 1. The van der Waals surface area contributed by atoms with Gasteiger partial charge < -0.3 is 10.1 Å². The summed E-state index contributed by atoms with van der Waals surface area (Å²) in [7, 11) is 1.75. The van der Waals surface area contributed by atoms with Crippen molar-refractivity contribution in [3.63, 3.8) is 0 Å². The van der Waals surface area contributed by atoms with Crippen LogP contribution in [0.3, 0.4) is 0 Å². The van der Waals surface area contributed by atoms with E-state index in [1.807, 2.05) is 0 Å². The Morgan fingerprint density at radius 1 is 1.05 bits per heavy atom. The number of rotatable bonds is 3. The smallest absolute Gasteiger partial charge is 0.141 e. The van der Waals surface area contributed by atoms with E-state index in [0.717, 1.165) is 11.4 Å². The van der Waals surface area contributed by atoms with Crippen molar-refractivity contribution < 1.29 is 4.74 Å². The van der Waals surface area contributed by atoms with Gasteiger partial charge in [-0.1, -0.05) is 52.5 Å². The minimum absolute atomic E-state index is 0.173. The van der Waals surface area contributed by atoms with Crippen LogP contribution in [0.5, 0.6) is 5.75 Å². The molecule has 0 unspecified atom stereocenters. The van der Waals surface area contributed by atoms with Gasteiger partial charge in [-0.2, -0.15) is 0 Å². The molecular weight excluding hydrogens is 246 g/mol. The van der Waals surface area contributed by atoms with Crippen LogP contribution < -0.4 is 10.1 Å². The van der Waals surface area contributed by atoms with Crippen molar-refractivity contribution >= 4 is 5.69 Å². The number of anilines is 1. The first-order chi connectivity index (χ1) is 9.50. The van der Waals surface area contributed by atoms with Gasteiger partial charge in [-0.05, 0) is 36.0 Å². The molecule has 1 N–H and O–H groups in total. The Bertz CT molecular complexity index is 426. The zero-order valence-electron chi connectivity index (χ0n) is 13.5. The Kier molecular flexibility index (Phi) is 4.95. The van der Waals surface area contributed by atoms with Gasteiger partial charge >= 0.3 is 0 Å². The summed E-state index contributed by atoms with van der Waals surface area (Å²) >= 11 is 0. The molecule has 0 radical (unpaired) electrons. The molecule has 20 heavy (non-hydrogen) atoms. The summed E-state index contributed by atoms with van der Waals surface area (Å²) in [6.45, 7) is 6.76. The largest absolute Gasteiger partial charge is 0.495 e. The minimum Gasteiger partial charge on any atom is -0.495 e. The van der Waals surface area contributed by atoms with Gasteiger partial charge in [0, 0.05) is 6.04 Å². The Hall–Kier alpha value is -1.18. The molecule has 2 rings (SSSR count). The first kappa shape index (κ1) is 15.2. The van der Waals surface area contributed by atoms with Crippen LogP contribution in [0.1, 0.15) is 64.9 Å². The normalized spacial score (nSPS) is 17.6. The van der Waals surface area contributed by atoms with Gasteiger partial charge in [-0.15, -0.1) is 0 Å². The van der Waals surface area contributed by atoms with Crippen LogP contribution in [-0.2, 0) is 5.41 Å². The second kappa shape index (κ2) is 6.51. The highest BCUT2D eigenvalue weighted by Gasteiger charge is 2.18. The predicted molar refractivity (Wildman–Crippen MR) is 86.8 cm³/mol. The third-order valence-corrected chi connectivity index (χ3v) is 4.28. The number of methoxy groups -OCH3 is 1. The molecule has 0 bridgehead atoms. The van der Waals surface area contributed by atoms with Crippen molar-refractivity contribution in [1.29, 1.82) is 0 Å². The number of benzene rings is 1. The first-order valence-electron chi connectivity index (χ1n) is 7.96. The van der Waals surface area contributed by atoms with Crippen LogP contribution in [0, 0.1) is 0 Å². The van der Waals surface area contributed by atoms with Crippen LogP contribution in [-0.4, -0.2) is 13.2 Å². The minimum atomic E-state index is 0.173. The second-order valence-corrected chi connectivity index (χ2v) is 7.00. The highest BCUT2D eigenvalue weighted by molar-refractivity contribution is 5.59. The molecule has 0 saturated heterocycles. The maximum Gasteiger partial charge on any atom is 0.141 e. The highest BCUT2D eigenvalue weighted by Crippen LogP contribution is 2.33. The van der Waals surface area contributed by atoms with Crippen molar-refractivity contribution in [2.24, 2.45) is 0 Å². The van der Waals surface area contributed by atoms with Gasteiger partial charge in [-0.3, -0.25) is 0 Å². The maximum absolute atomic E-state index is 5.52. The van der Waals surface area contributed by atoms with E-state index in [0.29, 0.717) is 6.04 Å². The Morgan fingerprint density at radius 2 is 1.70 bits per heavy atom. The maximum atomic E-state index is 5.52. The molecule has 0 amide bonds. The standard InChI is InChI=1S/C18H29NO/c1-18(2,3)14-11-12-17(20-4)16(13-14)19-15-9-7-5-6-8-10-15/h11-13,15,19H,5-10H2,1-4H3. The van der Waals surface area contributed by atoms with Crippen molar-refractivity contribution in [2.75, 3.05) is 12.4 Å². The lowest BCUT2D eigenvalue weighted by atomic mass is 9.86. The topological polar surface area (TPSA) is 21.3 Å². The fourth-order valence-corrected chi connectivity index (χ4v) is 2.93. The molecule has 1 aliphatic rings. The summed E-state index contributed by atoms with van der Waals surface area (Å²) in [6, 6.07) is 7.14. The molecule has 1 aromatic rings. The third kappa shape index (κ3) is 3.91. The van der Waals surface area contributed by atoms with Crippen LogP contribution >= 0.6 is 0 Å². The lowest BCUT2D eigenvalue weighted by molar-refractivity contribution is 0.415. The molecule has 1 saturated carbocycles. The quantitative estimate of drug-likeness (QED) is 0.772. The Labute approximate surface area is 123 Å². The first-order valence-corrected chi connectivity index (χ1v) is 7.96. The monoisotopic (exact) mass is 275 g/mol. The summed E-state index contributed by atoms with van der Waals surface area (Å²) in [5.74, 6) is 0.960. The van der Waals surface area contributed by atoms with Crippen molar-refractivity contribution in [3.8, 4) is 5.75 Å². The van der Waals surface area contributed by atoms with Gasteiger partial charge in [-0.25, -0.2) is 0 Å². The highest BCUT2D eigenvalue weighted by atomic mass is 16.5. The zero-order chi connectivity index (χ0) is 14.6. The number of ether oxygens (including phenoxy) is 1. The van der Waals surface area contributed by atoms with Gasteiger partial charge in [0.05, 0.1) is 12.8 Å². The van der Waals surface area contributed by atoms with Crippen LogP contribution in [0.4, 0.5) is 5.69 Å². The van der Waals surface area contributed by atoms with E-state index in [1.165, 1.54) is 44.1 Å². The predicted octanol–water partition coefficient (Wildman–Crippen LogP) is 5.13. The molecule has 2 nitrogen and oxygen atoms in total. The molecule has 0 heterocycles. The van der Waals surface area contributed by atoms with E-state index in [-0.39, 0.29) is 5.41 Å². The Morgan fingerprint density at radius 3 is 2.25 bits per heavy atom. The van der Waals surface area contributed by atoms with Gasteiger partial charge in [0.15, 0.2) is 0 Å². The third-order valence-electron chi connectivity index (χ3n) is 4.28. The molecule has 1 aromatic carbocycles. The fourth-order valence-electron chi connectivity index (χ4n) is 2.93. The fraction of sp³-hybridized carbons (Fsp3) is 0.667. The van der Waals surface area contributed by atoms with Crippen molar-refractivity contribution in [3.05, 3.63) is 23.8 Å². The van der Waals surface area contributed by atoms with Crippen LogP contribution in [0.25, 0.3) is 0 Å². The van der Waals surface area contributed by atoms with E-state index in [9.17, 15) is 0 Å². The molecule has 2 heteroatoms. The lowest BCUT2D eigenvalue weighted by Crippen LogP contribution is -2.19. The summed E-state index contributed by atoms with van der Waals surface area (Å²) < 4.78 is 5.52. The summed E-state index contributed by atoms with van der Waals surface area (Å²) in [5.41, 5.74) is 2.69. The van der Waals surface area contributed by atoms with Crippen molar-refractivity contribution in [2.45, 2.75) is 70.8 Å². The van der Waals surface area contributed by atoms with Crippen molar-refractivity contribution in [1.82, 2.24) is 0 Å².